The van der Waals surface area contributed by atoms with E-state index in [4.69, 9.17) is 0 Å². The highest BCUT2D eigenvalue weighted by atomic mass is 15.1. The summed E-state index contributed by atoms with van der Waals surface area (Å²) in [6.07, 6.45) is 4.36. The molecule has 1 aliphatic carbocycles. The van der Waals surface area contributed by atoms with Gasteiger partial charge in [0, 0.05) is 19.1 Å². The zero-order valence-corrected chi connectivity index (χ0v) is 11.8. The van der Waals surface area contributed by atoms with E-state index in [1.165, 1.54) is 38.9 Å². The average molecular weight is 226 g/mol. The van der Waals surface area contributed by atoms with Gasteiger partial charge in [0.25, 0.3) is 0 Å². The van der Waals surface area contributed by atoms with E-state index in [0.717, 1.165) is 5.92 Å². The van der Waals surface area contributed by atoms with Crippen LogP contribution >= 0.6 is 0 Å². The number of nitrogens with zero attached hydrogens (tertiary/aromatic N) is 1. The van der Waals surface area contributed by atoms with Gasteiger partial charge in [-0.2, -0.15) is 0 Å². The normalized spacial score (nSPS) is 19.9. The van der Waals surface area contributed by atoms with Crippen molar-refractivity contribution in [2.75, 3.05) is 26.7 Å². The molecule has 0 spiro atoms. The van der Waals surface area contributed by atoms with Crippen molar-refractivity contribution in [3.8, 4) is 0 Å². The topological polar surface area (TPSA) is 15.3 Å². The number of hydrogen-bond acceptors (Lipinski definition) is 2. The highest BCUT2D eigenvalue weighted by Crippen LogP contribution is 2.28. The van der Waals surface area contributed by atoms with Gasteiger partial charge < -0.3 is 10.2 Å². The maximum Gasteiger partial charge on any atom is 0.0240 e. The summed E-state index contributed by atoms with van der Waals surface area (Å²) < 4.78 is 0. The van der Waals surface area contributed by atoms with Crippen molar-refractivity contribution in [2.45, 2.75) is 53.0 Å². The second kappa shape index (κ2) is 6.02. The highest BCUT2D eigenvalue weighted by Gasteiger charge is 2.26. The lowest BCUT2D eigenvalue weighted by Gasteiger charge is -2.38. The molecule has 1 rings (SSSR count). The quantitative estimate of drug-likeness (QED) is 0.749. The molecule has 0 heterocycles. The van der Waals surface area contributed by atoms with Gasteiger partial charge in [-0.15, -0.1) is 0 Å². The van der Waals surface area contributed by atoms with E-state index in [1.807, 2.05) is 0 Å². The Morgan fingerprint density at radius 2 is 1.94 bits per heavy atom. The summed E-state index contributed by atoms with van der Waals surface area (Å²) in [5.41, 5.74) is 0.349. The molecule has 0 amide bonds. The first-order chi connectivity index (χ1) is 7.47. The van der Waals surface area contributed by atoms with Crippen LogP contribution in [-0.2, 0) is 0 Å². The first-order valence-electron chi connectivity index (χ1n) is 6.87. The van der Waals surface area contributed by atoms with Crippen molar-refractivity contribution in [2.24, 2.45) is 11.3 Å². The van der Waals surface area contributed by atoms with Gasteiger partial charge in [0.05, 0.1) is 0 Å². The van der Waals surface area contributed by atoms with E-state index in [1.54, 1.807) is 0 Å². The molecule has 0 aromatic rings. The van der Waals surface area contributed by atoms with Crippen molar-refractivity contribution in [1.29, 1.82) is 0 Å². The zero-order chi connectivity index (χ0) is 12.2. The molecule has 1 N–H and O–H groups in total. The van der Waals surface area contributed by atoms with Crippen LogP contribution in [0.5, 0.6) is 0 Å². The Balaban J connectivity index is 2.40. The molecule has 1 aliphatic rings. The van der Waals surface area contributed by atoms with E-state index in [2.05, 4.69) is 45.0 Å². The van der Waals surface area contributed by atoms with Gasteiger partial charge in [0.2, 0.25) is 0 Å². The van der Waals surface area contributed by atoms with Gasteiger partial charge >= 0.3 is 0 Å². The molecule has 1 atom stereocenters. The van der Waals surface area contributed by atoms with Crippen LogP contribution in [0.15, 0.2) is 0 Å². The Bertz CT molecular complexity index is 191. The minimum absolute atomic E-state index is 0.349. The third-order valence-electron chi connectivity index (χ3n) is 4.02. The summed E-state index contributed by atoms with van der Waals surface area (Å²) in [4.78, 5) is 2.62. The predicted molar refractivity (Wildman–Crippen MR) is 71.8 cm³/mol. The van der Waals surface area contributed by atoms with Crippen LogP contribution < -0.4 is 5.32 Å². The van der Waals surface area contributed by atoms with Crippen LogP contribution in [0.1, 0.15) is 47.0 Å². The van der Waals surface area contributed by atoms with Gasteiger partial charge in [-0.1, -0.05) is 34.1 Å². The molecule has 1 saturated carbocycles. The van der Waals surface area contributed by atoms with Crippen LogP contribution in [0.25, 0.3) is 0 Å². The van der Waals surface area contributed by atoms with Gasteiger partial charge in [-0.25, -0.2) is 0 Å². The van der Waals surface area contributed by atoms with Crippen LogP contribution in [0.4, 0.5) is 0 Å². The average Bonchev–Trinajstić information content (AvgIpc) is 2.13. The van der Waals surface area contributed by atoms with Gasteiger partial charge in [-0.05, 0) is 37.8 Å². The largest absolute Gasteiger partial charge is 0.315 e. The van der Waals surface area contributed by atoms with Crippen molar-refractivity contribution in [1.82, 2.24) is 10.2 Å². The molecule has 2 heteroatoms. The minimum atomic E-state index is 0.349. The smallest absolute Gasteiger partial charge is 0.0240 e. The van der Waals surface area contributed by atoms with Gasteiger partial charge in [0.1, 0.15) is 0 Å². The molecule has 0 aromatic carbocycles. The fraction of sp³-hybridized carbons (Fsp3) is 1.00. The third kappa shape index (κ3) is 4.06. The fourth-order valence-corrected chi connectivity index (χ4v) is 2.43. The number of likely N-dealkylation sites (N-methyl/N-ethyl adjacent to an activating group) is 2. The number of hydrogen-bond donors (Lipinski definition) is 1. The van der Waals surface area contributed by atoms with E-state index in [9.17, 15) is 0 Å². The standard InChI is InChI=1S/C14H30N2/c1-6-16(10-12-8-7-9-12)11-13(15-5)14(2,3)4/h12-13,15H,6-11H2,1-5H3. The van der Waals surface area contributed by atoms with Gasteiger partial charge in [-0.3, -0.25) is 0 Å². The Morgan fingerprint density at radius 3 is 2.25 bits per heavy atom. The lowest BCUT2D eigenvalue weighted by molar-refractivity contribution is 0.140. The third-order valence-corrected chi connectivity index (χ3v) is 4.02. The predicted octanol–water partition coefficient (Wildman–Crippen LogP) is 2.74. The zero-order valence-electron chi connectivity index (χ0n) is 11.8. The second-order valence-corrected chi connectivity index (χ2v) is 6.36. The molecule has 0 radical (unpaired) electrons. The molecule has 1 unspecified atom stereocenters. The molecule has 0 aliphatic heterocycles. The van der Waals surface area contributed by atoms with Crippen molar-refractivity contribution in [3.63, 3.8) is 0 Å². The number of nitrogens with one attached hydrogen (secondary N) is 1. The second-order valence-electron chi connectivity index (χ2n) is 6.36. The molecule has 0 bridgehead atoms. The highest BCUT2D eigenvalue weighted by molar-refractivity contribution is 4.83. The van der Waals surface area contributed by atoms with Crippen LogP contribution in [0, 0.1) is 11.3 Å². The summed E-state index contributed by atoms with van der Waals surface area (Å²) in [5, 5.41) is 3.47. The Kier molecular flexibility index (Phi) is 5.26. The molecule has 0 aromatic heterocycles. The maximum atomic E-state index is 3.47. The Hall–Kier alpha value is -0.0800. The lowest BCUT2D eigenvalue weighted by atomic mass is 9.83. The fourth-order valence-electron chi connectivity index (χ4n) is 2.43. The van der Waals surface area contributed by atoms with Crippen LogP contribution in [0.2, 0.25) is 0 Å². The summed E-state index contributed by atoms with van der Waals surface area (Å²) in [7, 11) is 2.09. The molecule has 1 fully saturated rings. The first kappa shape index (κ1) is 14.0. The maximum absolute atomic E-state index is 3.47. The monoisotopic (exact) mass is 226 g/mol. The van der Waals surface area contributed by atoms with Gasteiger partial charge in [0.15, 0.2) is 0 Å². The summed E-state index contributed by atoms with van der Waals surface area (Å²) in [5.74, 6) is 0.984. The SMILES string of the molecule is CCN(CC1CCC1)CC(NC)C(C)(C)C. The summed E-state index contributed by atoms with van der Waals surface area (Å²) in [6, 6.07) is 0.590. The van der Waals surface area contributed by atoms with E-state index >= 15 is 0 Å². The van der Waals surface area contributed by atoms with Crippen LogP contribution in [-0.4, -0.2) is 37.6 Å². The Labute approximate surface area is 102 Å². The summed E-state index contributed by atoms with van der Waals surface area (Å²) in [6.45, 7) is 12.9. The molecular weight excluding hydrogens is 196 g/mol. The number of rotatable bonds is 6. The molecule has 2 nitrogen and oxygen atoms in total. The molecule has 0 saturated heterocycles. The van der Waals surface area contributed by atoms with E-state index in [-0.39, 0.29) is 0 Å². The first-order valence-corrected chi connectivity index (χ1v) is 6.87. The minimum Gasteiger partial charge on any atom is -0.315 e. The van der Waals surface area contributed by atoms with Crippen molar-refractivity contribution < 1.29 is 0 Å². The van der Waals surface area contributed by atoms with E-state index < -0.39 is 0 Å². The lowest BCUT2D eigenvalue weighted by Crippen LogP contribution is -2.48. The Morgan fingerprint density at radius 1 is 1.31 bits per heavy atom. The summed E-state index contributed by atoms with van der Waals surface area (Å²) >= 11 is 0. The molecular formula is C14H30N2. The van der Waals surface area contributed by atoms with Crippen molar-refractivity contribution >= 4 is 0 Å². The van der Waals surface area contributed by atoms with Crippen LogP contribution in [0.3, 0.4) is 0 Å². The van der Waals surface area contributed by atoms with E-state index in [0.29, 0.717) is 11.5 Å². The van der Waals surface area contributed by atoms with Crippen molar-refractivity contribution in [3.05, 3.63) is 0 Å². The molecule has 16 heavy (non-hydrogen) atoms. The molecule has 96 valence electrons.